The topological polar surface area (TPSA) is 75.7 Å². The maximum absolute atomic E-state index is 12.4. The average molecular weight is 413 g/mol. The second kappa shape index (κ2) is 7.67. The second-order valence-electron chi connectivity index (χ2n) is 5.16. The van der Waals surface area contributed by atoms with Gasteiger partial charge in [0.05, 0.1) is 4.90 Å². The number of nitrogens with zero attached hydrogens (tertiary/aromatic N) is 1. The van der Waals surface area contributed by atoms with Crippen LogP contribution >= 0.6 is 15.9 Å². The number of hydrogen-bond donors (Lipinski definition) is 1. The predicted octanol–water partition coefficient (Wildman–Crippen LogP) is 2.72. The van der Waals surface area contributed by atoms with Gasteiger partial charge in [-0.25, -0.2) is 8.42 Å². The number of anilines is 1. The van der Waals surface area contributed by atoms with Crippen LogP contribution in [-0.2, 0) is 14.8 Å². The first-order valence-electron chi connectivity index (χ1n) is 6.99. The minimum absolute atomic E-state index is 0.102. The quantitative estimate of drug-likeness (QED) is 0.790. The Morgan fingerprint density at radius 2 is 1.83 bits per heavy atom. The van der Waals surface area contributed by atoms with Gasteiger partial charge in [0.25, 0.3) is 15.9 Å². The van der Waals surface area contributed by atoms with Gasteiger partial charge in [0.2, 0.25) is 0 Å². The minimum atomic E-state index is -3.69. The van der Waals surface area contributed by atoms with Crippen LogP contribution in [0.1, 0.15) is 0 Å². The summed E-state index contributed by atoms with van der Waals surface area (Å²) in [5.74, 6) is 0.245. The molecule has 24 heavy (non-hydrogen) atoms. The number of sulfonamides is 1. The molecule has 2 aromatic rings. The zero-order valence-electron chi connectivity index (χ0n) is 13.2. The van der Waals surface area contributed by atoms with Gasteiger partial charge in [-0.05, 0) is 42.5 Å². The van der Waals surface area contributed by atoms with Gasteiger partial charge in [-0.1, -0.05) is 22.0 Å². The summed E-state index contributed by atoms with van der Waals surface area (Å²) in [6.45, 7) is -0.102. The Morgan fingerprint density at radius 1 is 1.17 bits per heavy atom. The normalized spacial score (nSPS) is 11.0. The number of carbonyl (C=O) groups is 1. The summed E-state index contributed by atoms with van der Waals surface area (Å²) in [6.07, 6.45) is 0. The van der Waals surface area contributed by atoms with E-state index in [-0.39, 0.29) is 17.4 Å². The first-order valence-corrected chi connectivity index (χ1v) is 9.27. The third-order valence-electron chi connectivity index (χ3n) is 3.07. The predicted molar refractivity (Wildman–Crippen MR) is 95.6 cm³/mol. The van der Waals surface area contributed by atoms with Gasteiger partial charge in [-0.3, -0.25) is 9.52 Å². The van der Waals surface area contributed by atoms with E-state index in [0.29, 0.717) is 11.4 Å². The van der Waals surface area contributed by atoms with Crippen LogP contribution in [-0.4, -0.2) is 39.9 Å². The molecule has 2 rings (SSSR count). The van der Waals surface area contributed by atoms with E-state index in [9.17, 15) is 13.2 Å². The molecule has 0 aliphatic heterocycles. The molecule has 1 N–H and O–H groups in total. The summed E-state index contributed by atoms with van der Waals surface area (Å²) in [5.41, 5.74) is 0.460. The highest BCUT2D eigenvalue weighted by atomic mass is 79.9. The number of halogens is 1. The Morgan fingerprint density at radius 3 is 2.42 bits per heavy atom. The van der Waals surface area contributed by atoms with Crippen molar-refractivity contribution in [2.24, 2.45) is 0 Å². The van der Waals surface area contributed by atoms with Crippen molar-refractivity contribution in [2.75, 3.05) is 25.4 Å². The lowest BCUT2D eigenvalue weighted by Gasteiger charge is -2.12. The van der Waals surface area contributed by atoms with Crippen molar-refractivity contribution in [1.29, 1.82) is 0 Å². The molecule has 0 aliphatic carbocycles. The van der Waals surface area contributed by atoms with Gasteiger partial charge in [-0.2, -0.15) is 0 Å². The summed E-state index contributed by atoms with van der Waals surface area (Å²) in [6, 6.07) is 12.7. The van der Waals surface area contributed by atoms with Gasteiger partial charge in [-0.15, -0.1) is 0 Å². The zero-order valence-corrected chi connectivity index (χ0v) is 15.6. The average Bonchev–Trinajstić information content (AvgIpc) is 2.52. The zero-order chi connectivity index (χ0) is 17.7. The van der Waals surface area contributed by atoms with E-state index >= 15 is 0 Å². The van der Waals surface area contributed by atoms with Gasteiger partial charge >= 0.3 is 0 Å². The molecule has 0 atom stereocenters. The van der Waals surface area contributed by atoms with Crippen molar-refractivity contribution in [3.8, 4) is 5.75 Å². The van der Waals surface area contributed by atoms with Crippen molar-refractivity contribution >= 4 is 37.5 Å². The highest BCUT2D eigenvalue weighted by molar-refractivity contribution is 9.10. The highest BCUT2D eigenvalue weighted by Gasteiger charge is 2.14. The van der Waals surface area contributed by atoms with Gasteiger partial charge in [0.1, 0.15) is 5.75 Å². The highest BCUT2D eigenvalue weighted by Crippen LogP contribution is 2.21. The van der Waals surface area contributed by atoms with Gasteiger partial charge in [0.15, 0.2) is 6.61 Å². The molecule has 0 spiro atoms. The number of rotatable bonds is 6. The maximum Gasteiger partial charge on any atom is 0.261 e. The summed E-state index contributed by atoms with van der Waals surface area (Å²) in [5, 5.41) is 0. The van der Waals surface area contributed by atoms with Crippen LogP contribution < -0.4 is 9.46 Å². The van der Waals surface area contributed by atoms with E-state index in [1.54, 1.807) is 38.4 Å². The van der Waals surface area contributed by atoms with Crippen molar-refractivity contribution in [1.82, 2.24) is 4.90 Å². The SMILES string of the molecule is CN(C)C(=O)COc1ccc(S(=O)(=O)Nc2cccc(Br)c2)cc1. The molecule has 0 saturated heterocycles. The van der Waals surface area contributed by atoms with Crippen LogP contribution in [0, 0.1) is 0 Å². The molecule has 128 valence electrons. The first-order chi connectivity index (χ1) is 11.3. The Labute approximate surface area is 149 Å². The van der Waals surface area contributed by atoms with Crippen LogP contribution in [0.3, 0.4) is 0 Å². The molecule has 6 nitrogen and oxygen atoms in total. The monoisotopic (exact) mass is 412 g/mol. The molecule has 8 heteroatoms. The van der Waals surface area contributed by atoms with Crippen molar-refractivity contribution in [2.45, 2.75) is 4.90 Å². The number of hydrogen-bond acceptors (Lipinski definition) is 4. The van der Waals surface area contributed by atoms with Crippen LogP contribution in [0.15, 0.2) is 57.9 Å². The van der Waals surface area contributed by atoms with E-state index in [0.717, 1.165) is 4.47 Å². The third kappa shape index (κ3) is 4.97. The molecular formula is C16H17BrN2O4S. The standard InChI is InChI=1S/C16H17BrN2O4S/c1-19(2)16(20)11-23-14-6-8-15(9-7-14)24(21,22)18-13-5-3-4-12(17)10-13/h3-10,18H,11H2,1-2H3. The summed E-state index contributed by atoms with van der Waals surface area (Å²) >= 11 is 3.29. The number of carbonyl (C=O) groups excluding carboxylic acids is 1. The molecule has 0 aliphatic rings. The fourth-order valence-corrected chi connectivity index (χ4v) is 3.20. The fourth-order valence-electron chi connectivity index (χ4n) is 1.76. The molecule has 0 heterocycles. The molecule has 0 bridgehead atoms. The summed E-state index contributed by atoms with van der Waals surface area (Å²) in [4.78, 5) is 13.0. The Hall–Kier alpha value is -2.06. The first kappa shape index (κ1) is 18.3. The van der Waals surface area contributed by atoms with E-state index in [1.165, 1.54) is 29.2 Å². The third-order valence-corrected chi connectivity index (χ3v) is 4.96. The van der Waals surface area contributed by atoms with Crippen molar-refractivity contribution in [3.63, 3.8) is 0 Å². The number of likely N-dealkylation sites (N-methyl/N-ethyl adjacent to an activating group) is 1. The van der Waals surface area contributed by atoms with Crippen LogP contribution in [0.25, 0.3) is 0 Å². The lowest BCUT2D eigenvalue weighted by atomic mass is 10.3. The Balaban J connectivity index is 2.07. The smallest absolute Gasteiger partial charge is 0.261 e. The summed E-state index contributed by atoms with van der Waals surface area (Å²) < 4.78 is 33.3. The minimum Gasteiger partial charge on any atom is -0.484 e. The van der Waals surface area contributed by atoms with E-state index in [1.807, 2.05) is 0 Å². The molecule has 1 amide bonds. The van der Waals surface area contributed by atoms with Crippen molar-refractivity contribution < 1.29 is 17.9 Å². The van der Waals surface area contributed by atoms with Crippen LogP contribution in [0.4, 0.5) is 5.69 Å². The largest absolute Gasteiger partial charge is 0.484 e. The second-order valence-corrected chi connectivity index (χ2v) is 7.76. The van der Waals surface area contributed by atoms with Crippen molar-refractivity contribution in [3.05, 3.63) is 53.0 Å². The fraction of sp³-hybridized carbons (Fsp3) is 0.188. The summed E-state index contributed by atoms with van der Waals surface area (Å²) in [7, 11) is -0.425. The van der Waals surface area contributed by atoms with Gasteiger partial charge in [0, 0.05) is 24.3 Å². The van der Waals surface area contributed by atoms with E-state index in [2.05, 4.69) is 20.7 Å². The maximum atomic E-state index is 12.4. The molecule has 0 fully saturated rings. The molecule has 0 unspecified atom stereocenters. The Kier molecular flexibility index (Phi) is 5.84. The lowest BCUT2D eigenvalue weighted by molar-refractivity contribution is -0.130. The molecule has 0 aromatic heterocycles. The molecule has 0 saturated carbocycles. The van der Waals surface area contributed by atoms with Gasteiger partial charge < -0.3 is 9.64 Å². The molecule has 0 radical (unpaired) electrons. The molecule has 2 aromatic carbocycles. The number of amides is 1. The van der Waals surface area contributed by atoms with E-state index < -0.39 is 10.0 Å². The van der Waals surface area contributed by atoms with Crippen LogP contribution in [0.2, 0.25) is 0 Å². The van der Waals surface area contributed by atoms with Crippen LogP contribution in [0.5, 0.6) is 5.75 Å². The number of benzene rings is 2. The number of ether oxygens (including phenoxy) is 1. The lowest BCUT2D eigenvalue weighted by Crippen LogP contribution is -2.27. The Bertz CT molecular complexity index is 820. The number of nitrogens with one attached hydrogen (secondary N) is 1. The molecular weight excluding hydrogens is 396 g/mol. The van der Waals surface area contributed by atoms with E-state index in [4.69, 9.17) is 4.74 Å².